The maximum absolute atomic E-state index is 5.75. The van der Waals surface area contributed by atoms with Crippen molar-refractivity contribution in [2.24, 2.45) is 17.4 Å². The summed E-state index contributed by atoms with van der Waals surface area (Å²) in [6.45, 7) is 2.13. The van der Waals surface area contributed by atoms with E-state index in [1.54, 1.807) is 0 Å². The fourth-order valence-corrected chi connectivity index (χ4v) is 1.12. The second-order valence-electron chi connectivity index (χ2n) is 2.80. The van der Waals surface area contributed by atoms with Gasteiger partial charge in [-0.05, 0) is 12.3 Å². The molecular weight excluding hydrogens is 112 g/mol. The van der Waals surface area contributed by atoms with Crippen molar-refractivity contribution >= 4 is 0 Å². The molecule has 0 heterocycles. The Balaban J connectivity index is 2.58. The van der Waals surface area contributed by atoms with E-state index in [9.17, 15) is 0 Å². The van der Waals surface area contributed by atoms with Crippen LogP contribution in [-0.4, -0.2) is 12.1 Å². The van der Waals surface area contributed by atoms with Crippen LogP contribution in [0.1, 0.15) is 13.3 Å². The molecule has 2 heteroatoms. The summed E-state index contributed by atoms with van der Waals surface area (Å²) in [5.41, 5.74) is 11.4. The minimum atomic E-state index is 0.0775. The van der Waals surface area contributed by atoms with Gasteiger partial charge in [-0.2, -0.15) is 0 Å². The second kappa shape index (κ2) is 2.50. The first-order valence-electron chi connectivity index (χ1n) is 3.39. The maximum Gasteiger partial charge on any atom is 0.0380 e. The molecule has 2 unspecified atom stereocenters. The molecule has 0 radical (unpaired) electrons. The zero-order chi connectivity index (χ0) is 6.85. The van der Waals surface area contributed by atoms with Crippen molar-refractivity contribution in [2.75, 3.05) is 0 Å². The lowest BCUT2D eigenvalue weighted by Crippen LogP contribution is -2.46. The Labute approximate surface area is 55.9 Å². The maximum atomic E-state index is 5.75. The van der Waals surface area contributed by atoms with Crippen LogP contribution in [0.2, 0.25) is 0 Å². The number of hydrogen-bond donors (Lipinski definition) is 2. The summed E-state index contributed by atoms with van der Waals surface area (Å²) in [5, 5.41) is 0. The molecule has 0 aliphatic heterocycles. The van der Waals surface area contributed by atoms with E-state index in [1.807, 2.05) is 6.08 Å². The van der Waals surface area contributed by atoms with Gasteiger partial charge in [0, 0.05) is 12.1 Å². The minimum Gasteiger partial charge on any atom is -0.326 e. The molecule has 1 rings (SSSR count). The Hall–Kier alpha value is -0.340. The van der Waals surface area contributed by atoms with Gasteiger partial charge in [0.05, 0.1) is 0 Å². The summed E-state index contributed by atoms with van der Waals surface area (Å²) >= 11 is 0. The van der Waals surface area contributed by atoms with Crippen LogP contribution in [0.15, 0.2) is 12.2 Å². The molecule has 52 valence electrons. The number of allylic oxidation sites excluding steroid dienone is 1. The molecule has 0 aromatic rings. The Kier molecular flexibility index (Phi) is 1.88. The van der Waals surface area contributed by atoms with Gasteiger partial charge in [-0.3, -0.25) is 0 Å². The normalized spacial score (nSPS) is 43.2. The highest BCUT2D eigenvalue weighted by Gasteiger charge is 2.19. The van der Waals surface area contributed by atoms with Crippen LogP contribution in [-0.2, 0) is 0 Å². The average Bonchev–Trinajstić information content (AvgIpc) is 1.83. The molecule has 2 nitrogen and oxygen atoms in total. The van der Waals surface area contributed by atoms with Gasteiger partial charge in [0.15, 0.2) is 0 Å². The molecule has 3 atom stereocenters. The molecule has 0 saturated heterocycles. The van der Waals surface area contributed by atoms with E-state index in [1.165, 1.54) is 0 Å². The first-order valence-corrected chi connectivity index (χ1v) is 3.39. The van der Waals surface area contributed by atoms with Crippen LogP contribution < -0.4 is 11.5 Å². The van der Waals surface area contributed by atoms with Crippen LogP contribution in [0.5, 0.6) is 0 Å². The molecule has 9 heavy (non-hydrogen) atoms. The summed E-state index contributed by atoms with van der Waals surface area (Å²) in [7, 11) is 0. The highest BCUT2D eigenvalue weighted by atomic mass is 14.8. The van der Waals surface area contributed by atoms with Crippen molar-refractivity contribution < 1.29 is 0 Å². The van der Waals surface area contributed by atoms with Gasteiger partial charge in [0.25, 0.3) is 0 Å². The van der Waals surface area contributed by atoms with Gasteiger partial charge in [-0.1, -0.05) is 19.1 Å². The summed E-state index contributed by atoms with van der Waals surface area (Å²) < 4.78 is 0. The highest BCUT2D eigenvalue weighted by Crippen LogP contribution is 2.14. The number of rotatable bonds is 0. The van der Waals surface area contributed by atoms with Crippen molar-refractivity contribution in [1.29, 1.82) is 0 Å². The van der Waals surface area contributed by atoms with Gasteiger partial charge < -0.3 is 11.5 Å². The minimum absolute atomic E-state index is 0.0775. The van der Waals surface area contributed by atoms with Gasteiger partial charge >= 0.3 is 0 Å². The fraction of sp³-hybridized carbons (Fsp3) is 0.714. The lowest BCUT2D eigenvalue weighted by molar-refractivity contribution is 0.410. The molecule has 0 saturated carbocycles. The first kappa shape index (κ1) is 6.78. The zero-order valence-corrected chi connectivity index (χ0v) is 5.75. The molecular formula is C7H14N2. The van der Waals surface area contributed by atoms with E-state index in [4.69, 9.17) is 11.5 Å². The summed E-state index contributed by atoms with van der Waals surface area (Å²) in [6, 6.07) is 0.240. The average molecular weight is 126 g/mol. The fourth-order valence-electron chi connectivity index (χ4n) is 1.12. The van der Waals surface area contributed by atoms with E-state index in [-0.39, 0.29) is 12.1 Å². The zero-order valence-electron chi connectivity index (χ0n) is 5.75. The predicted octanol–water partition coefficient (Wildman–Crippen LogP) is 0.237. The van der Waals surface area contributed by atoms with Crippen molar-refractivity contribution in [3.05, 3.63) is 12.2 Å². The van der Waals surface area contributed by atoms with E-state index in [0.717, 1.165) is 6.42 Å². The van der Waals surface area contributed by atoms with E-state index >= 15 is 0 Å². The highest BCUT2D eigenvalue weighted by molar-refractivity contribution is 5.04. The lowest BCUT2D eigenvalue weighted by Gasteiger charge is -2.26. The van der Waals surface area contributed by atoms with E-state index in [2.05, 4.69) is 13.0 Å². The van der Waals surface area contributed by atoms with Crippen molar-refractivity contribution in [3.63, 3.8) is 0 Å². The molecule has 1 aliphatic carbocycles. The third-order valence-electron chi connectivity index (χ3n) is 1.97. The van der Waals surface area contributed by atoms with Gasteiger partial charge in [0.1, 0.15) is 0 Å². The predicted molar refractivity (Wildman–Crippen MR) is 38.9 cm³/mol. The van der Waals surface area contributed by atoms with E-state index < -0.39 is 0 Å². The Bertz CT molecular complexity index is 120. The first-order chi connectivity index (χ1) is 4.22. The van der Waals surface area contributed by atoms with Gasteiger partial charge in [-0.25, -0.2) is 0 Å². The lowest BCUT2D eigenvalue weighted by atomic mass is 9.88. The molecule has 1 aliphatic rings. The summed E-state index contributed by atoms with van der Waals surface area (Å²) in [5.74, 6) is 0.546. The SMILES string of the molecule is C[C@@H]1CC=CC(N)C1N. The van der Waals surface area contributed by atoms with Crippen molar-refractivity contribution in [3.8, 4) is 0 Å². The van der Waals surface area contributed by atoms with Crippen molar-refractivity contribution in [1.82, 2.24) is 0 Å². The van der Waals surface area contributed by atoms with Crippen LogP contribution in [0.4, 0.5) is 0 Å². The smallest absolute Gasteiger partial charge is 0.0380 e. The molecule has 0 bridgehead atoms. The molecule has 0 amide bonds. The quantitative estimate of drug-likeness (QED) is 0.457. The van der Waals surface area contributed by atoms with Gasteiger partial charge in [0.2, 0.25) is 0 Å². The Morgan fingerprint density at radius 3 is 2.56 bits per heavy atom. The molecule has 0 spiro atoms. The molecule has 4 N–H and O–H groups in total. The molecule has 0 aromatic carbocycles. The van der Waals surface area contributed by atoms with E-state index in [0.29, 0.717) is 5.92 Å². The molecule has 0 aromatic heterocycles. The van der Waals surface area contributed by atoms with Crippen LogP contribution in [0, 0.1) is 5.92 Å². The third kappa shape index (κ3) is 1.32. The Morgan fingerprint density at radius 2 is 2.11 bits per heavy atom. The van der Waals surface area contributed by atoms with Crippen LogP contribution >= 0.6 is 0 Å². The third-order valence-corrected chi connectivity index (χ3v) is 1.97. The number of nitrogens with two attached hydrogens (primary N) is 2. The second-order valence-corrected chi connectivity index (χ2v) is 2.80. The van der Waals surface area contributed by atoms with Crippen LogP contribution in [0.25, 0.3) is 0 Å². The standard InChI is InChI=1S/C7H14N2/c1-5-3-2-4-6(8)7(5)9/h2,4-7H,3,8-9H2,1H3/t5-,6?,7?/m1/s1. The van der Waals surface area contributed by atoms with Crippen LogP contribution in [0.3, 0.4) is 0 Å². The summed E-state index contributed by atoms with van der Waals surface area (Å²) in [6.07, 6.45) is 5.18. The molecule has 0 fully saturated rings. The van der Waals surface area contributed by atoms with Gasteiger partial charge in [-0.15, -0.1) is 0 Å². The largest absolute Gasteiger partial charge is 0.326 e. The topological polar surface area (TPSA) is 52.0 Å². The number of hydrogen-bond acceptors (Lipinski definition) is 2. The monoisotopic (exact) mass is 126 g/mol. The van der Waals surface area contributed by atoms with Crippen molar-refractivity contribution in [2.45, 2.75) is 25.4 Å². The Morgan fingerprint density at radius 1 is 1.44 bits per heavy atom. The summed E-state index contributed by atoms with van der Waals surface area (Å²) in [4.78, 5) is 0.